The first-order valence-electron chi connectivity index (χ1n) is 8.56. The van der Waals surface area contributed by atoms with E-state index in [2.05, 4.69) is 65.3 Å². The van der Waals surface area contributed by atoms with E-state index in [0.717, 1.165) is 45.0 Å². The van der Waals surface area contributed by atoms with Crippen molar-refractivity contribution in [2.45, 2.75) is 25.9 Å². The van der Waals surface area contributed by atoms with Gasteiger partial charge in [-0.25, -0.2) is 0 Å². The van der Waals surface area contributed by atoms with Gasteiger partial charge in [-0.1, -0.05) is 36.4 Å². The lowest BCUT2D eigenvalue weighted by Gasteiger charge is -2.42. The molecule has 0 radical (unpaired) electrons. The number of fused-ring (bicyclic) bond motifs is 3. The molecule has 23 heavy (non-hydrogen) atoms. The summed E-state index contributed by atoms with van der Waals surface area (Å²) in [5.41, 5.74) is 3.95. The number of hydrogen-bond donors (Lipinski definition) is 0. The fourth-order valence-corrected chi connectivity index (χ4v) is 3.75. The Morgan fingerprint density at radius 3 is 2.83 bits per heavy atom. The van der Waals surface area contributed by atoms with E-state index < -0.39 is 0 Å². The average molecular weight is 308 g/mol. The molecule has 1 atom stereocenters. The highest BCUT2D eigenvalue weighted by Crippen LogP contribution is 2.35. The van der Waals surface area contributed by atoms with Crippen molar-refractivity contribution in [2.75, 3.05) is 31.1 Å². The maximum atomic E-state index is 6.01. The summed E-state index contributed by atoms with van der Waals surface area (Å²) in [6.07, 6.45) is 1.10. The third kappa shape index (κ3) is 3.06. The van der Waals surface area contributed by atoms with E-state index in [1.54, 1.807) is 0 Å². The molecule has 4 rings (SSSR count). The summed E-state index contributed by atoms with van der Waals surface area (Å²) in [6, 6.07) is 17.9. The van der Waals surface area contributed by atoms with Crippen LogP contribution in [0.3, 0.4) is 0 Å². The molecule has 0 saturated carbocycles. The lowest BCUT2D eigenvalue weighted by molar-refractivity contribution is 0.202. The summed E-state index contributed by atoms with van der Waals surface area (Å²) in [5.74, 6) is 1.06. The van der Waals surface area contributed by atoms with Crippen molar-refractivity contribution in [2.24, 2.45) is 0 Å². The first-order chi connectivity index (χ1) is 11.3. The number of ether oxygens (including phenoxy) is 1. The third-order valence-electron chi connectivity index (χ3n) is 4.95. The maximum absolute atomic E-state index is 6.01. The van der Waals surface area contributed by atoms with E-state index in [4.69, 9.17) is 4.74 Å². The molecule has 2 aliphatic heterocycles. The molecule has 1 saturated heterocycles. The molecule has 0 amide bonds. The van der Waals surface area contributed by atoms with Crippen molar-refractivity contribution in [1.82, 2.24) is 4.90 Å². The van der Waals surface area contributed by atoms with E-state index in [1.165, 1.54) is 16.8 Å². The van der Waals surface area contributed by atoms with Gasteiger partial charge in [-0.3, -0.25) is 4.90 Å². The van der Waals surface area contributed by atoms with Crippen LogP contribution in [-0.4, -0.2) is 37.2 Å². The number of piperazine rings is 1. The van der Waals surface area contributed by atoms with Gasteiger partial charge in [0.2, 0.25) is 0 Å². The molecule has 0 bridgehead atoms. The first-order valence-corrected chi connectivity index (χ1v) is 8.56. The van der Waals surface area contributed by atoms with Crippen molar-refractivity contribution in [3.8, 4) is 5.75 Å². The van der Waals surface area contributed by atoms with Gasteiger partial charge >= 0.3 is 0 Å². The fraction of sp³-hybridized carbons (Fsp3) is 0.400. The van der Waals surface area contributed by atoms with Crippen LogP contribution in [0.5, 0.6) is 5.75 Å². The van der Waals surface area contributed by atoms with E-state index in [9.17, 15) is 0 Å². The van der Waals surface area contributed by atoms with Gasteiger partial charge in [-0.15, -0.1) is 0 Å². The van der Waals surface area contributed by atoms with Crippen LogP contribution in [0.15, 0.2) is 48.5 Å². The molecule has 3 nitrogen and oxygen atoms in total. The highest BCUT2D eigenvalue weighted by Gasteiger charge is 2.30. The van der Waals surface area contributed by atoms with Crippen molar-refractivity contribution < 1.29 is 4.74 Å². The largest absolute Gasteiger partial charge is 0.491 e. The summed E-state index contributed by atoms with van der Waals surface area (Å²) < 4.78 is 6.01. The van der Waals surface area contributed by atoms with E-state index >= 15 is 0 Å². The molecular formula is C20H24N2O. The molecule has 0 unspecified atom stereocenters. The number of benzene rings is 2. The second-order valence-corrected chi connectivity index (χ2v) is 6.68. The molecule has 120 valence electrons. The van der Waals surface area contributed by atoms with Crippen molar-refractivity contribution in [3.63, 3.8) is 0 Å². The molecule has 3 heteroatoms. The Balaban J connectivity index is 1.51. The van der Waals surface area contributed by atoms with Gasteiger partial charge in [-0.05, 0) is 30.2 Å². The minimum absolute atomic E-state index is 0.552. The van der Waals surface area contributed by atoms with Gasteiger partial charge in [0, 0.05) is 38.6 Å². The number of nitrogens with zero attached hydrogens (tertiary/aromatic N) is 2. The summed E-state index contributed by atoms with van der Waals surface area (Å²) in [5, 5.41) is 0. The minimum Gasteiger partial charge on any atom is -0.491 e. The van der Waals surface area contributed by atoms with Gasteiger partial charge in [0.1, 0.15) is 5.75 Å². The molecule has 0 N–H and O–H groups in total. The number of hydrogen-bond acceptors (Lipinski definition) is 3. The van der Waals surface area contributed by atoms with Gasteiger partial charge in [0.05, 0.1) is 12.3 Å². The Bertz CT molecular complexity index is 671. The Kier molecular flexibility index (Phi) is 3.96. The standard InChI is InChI=1S/C20H24N2O/c1-16-7-8-19-20(13-16)23-12-9-18-15-21(10-11-22(18)19)14-17-5-3-2-4-6-17/h2-8,13,18H,9-12,14-15H2,1H3/t18-/m0/s1. The van der Waals surface area contributed by atoms with Gasteiger partial charge < -0.3 is 9.64 Å². The molecule has 2 aliphatic rings. The van der Waals surface area contributed by atoms with Crippen LogP contribution in [0.25, 0.3) is 0 Å². The monoisotopic (exact) mass is 308 g/mol. The van der Waals surface area contributed by atoms with Crippen LogP contribution < -0.4 is 9.64 Å². The second kappa shape index (κ2) is 6.25. The quantitative estimate of drug-likeness (QED) is 0.845. The number of aryl methyl sites for hydroxylation is 1. The molecule has 0 aromatic heterocycles. The molecular weight excluding hydrogens is 284 g/mol. The Hall–Kier alpha value is -2.00. The van der Waals surface area contributed by atoms with E-state index in [1.807, 2.05) is 0 Å². The summed E-state index contributed by atoms with van der Waals surface area (Å²) in [4.78, 5) is 5.14. The van der Waals surface area contributed by atoms with Gasteiger partial charge in [0.25, 0.3) is 0 Å². The maximum Gasteiger partial charge on any atom is 0.142 e. The predicted molar refractivity (Wildman–Crippen MR) is 94.1 cm³/mol. The van der Waals surface area contributed by atoms with E-state index in [0.29, 0.717) is 6.04 Å². The molecule has 0 aliphatic carbocycles. The van der Waals surface area contributed by atoms with Crippen LogP contribution in [0.1, 0.15) is 17.5 Å². The molecule has 1 fully saturated rings. The minimum atomic E-state index is 0.552. The molecule has 2 aromatic carbocycles. The second-order valence-electron chi connectivity index (χ2n) is 6.68. The fourth-order valence-electron chi connectivity index (χ4n) is 3.75. The molecule has 0 spiro atoms. The number of rotatable bonds is 2. The zero-order valence-corrected chi connectivity index (χ0v) is 13.7. The lowest BCUT2D eigenvalue weighted by Crippen LogP contribution is -2.52. The smallest absolute Gasteiger partial charge is 0.142 e. The normalized spacial score (nSPS) is 21.1. The zero-order valence-electron chi connectivity index (χ0n) is 13.7. The zero-order chi connectivity index (χ0) is 15.6. The Morgan fingerprint density at radius 1 is 1.09 bits per heavy atom. The van der Waals surface area contributed by atoms with Crippen LogP contribution in [-0.2, 0) is 6.54 Å². The topological polar surface area (TPSA) is 15.7 Å². The predicted octanol–water partition coefficient (Wildman–Crippen LogP) is 3.47. The van der Waals surface area contributed by atoms with Crippen molar-refractivity contribution in [1.29, 1.82) is 0 Å². The first kappa shape index (κ1) is 14.6. The van der Waals surface area contributed by atoms with Crippen molar-refractivity contribution in [3.05, 3.63) is 59.7 Å². The van der Waals surface area contributed by atoms with Crippen LogP contribution in [0.4, 0.5) is 5.69 Å². The summed E-state index contributed by atoms with van der Waals surface area (Å²) in [7, 11) is 0. The van der Waals surface area contributed by atoms with Crippen LogP contribution in [0.2, 0.25) is 0 Å². The molecule has 2 aromatic rings. The molecule has 2 heterocycles. The summed E-state index contributed by atoms with van der Waals surface area (Å²) in [6.45, 7) is 7.30. The van der Waals surface area contributed by atoms with Gasteiger partial charge in [-0.2, -0.15) is 0 Å². The number of anilines is 1. The van der Waals surface area contributed by atoms with Crippen LogP contribution in [0, 0.1) is 6.92 Å². The van der Waals surface area contributed by atoms with Crippen LogP contribution >= 0.6 is 0 Å². The third-order valence-corrected chi connectivity index (χ3v) is 4.95. The van der Waals surface area contributed by atoms with E-state index in [-0.39, 0.29) is 0 Å². The lowest BCUT2D eigenvalue weighted by atomic mass is 10.1. The van der Waals surface area contributed by atoms with Crippen molar-refractivity contribution >= 4 is 5.69 Å². The Morgan fingerprint density at radius 2 is 1.96 bits per heavy atom. The summed E-state index contributed by atoms with van der Waals surface area (Å²) >= 11 is 0. The Labute approximate surface area is 138 Å². The average Bonchev–Trinajstić information content (AvgIpc) is 2.74. The SMILES string of the molecule is Cc1ccc2c(c1)OCC[C@H]1CN(Cc3ccccc3)CCN21. The highest BCUT2D eigenvalue weighted by molar-refractivity contribution is 5.61. The van der Waals surface area contributed by atoms with Gasteiger partial charge in [0.15, 0.2) is 0 Å². The highest BCUT2D eigenvalue weighted by atomic mass is 16.5.